The van der Waals surface area contributed by atoms with Crippen LogP contribution in [-0.2, 0) is 4.79 Å². The van der Waals surface area contributed by atoms with E-state index in [1.807, 2.05) is 0 Å². The fourth-order valence-corrected chi connectivity index (χ4v) is 2.28. The monoisotopic (exact) mass is 268 g/mol. The zero-order valence-electron chi connectivity index (χ0n) is 9.67. The molecular weight excluding hydrogens is 256 g/mol. The molecule has 1 aliphatic heterocycles. The van der Waals surface area contributed by atoms with E-state index in [9.17, 15) is 9.59 Å². The summed E-state index contributed by atoms with van der Waals surface area (Å²) in [5, 5.41) is 9.28. The zero-order chi connectivity index (χ0) is 13.1. The molecule has 5 nitrogen and oxygen atoms in total. The SMILES string of the molecule is O=C(O)[C@@H]1CCCN(C(=O)c2ccncc2Cl)C1. The van der Waals surface area contributed by atoms with Gasteiger partial charge in [-0.15, -0.1) is 0 Å². The van der Waals surface area contributed by atoms with E-state index >= 15 is 0 Å². The molecule has 2 rings (SSSR count). The van der Waals surface area contributed by atoms with E-state index in [4.69, 9.17) is 16.7 Å². The van der Waals surface area contributed by atoms with Gasteiger partial charge in [0.1, 0.15) is 0 Å². The number of carbonyl (C=O) groups excluding carboxylic acids is 1. The number of halogens is 1. The quantitative estimate of drug-likeness (QED) is 0.886. The molecule has 0 aliphatic carbocycles. The van der Waals surface area contributed by atoms with Gasteiger partial charge in [0, 0.05) is 25.5 Å². The van der Waals surface area contributed by atoms with Gasteiger partial charge in [-0.2, -0.15) is 0 Å². The molecule has 96 valence electrons. The fourth-order valence-electron chi connectivity index (χ4n) is 2.08. The third kappa shape index (κ3) is 2.61. The number of nitrogens with zero attached hydrogens (tertiary/aromatic N) is 2. The predicted octanol–water partition coefficient (Wildman–Crippen LogP) is 1.67. The van der Waals surface area contributed by atoms with Gasteiger partial charge in [-0.3, -0.25) is 14.6 Å². The molecule has 1 amide bonds. The lowest BCUT2D eigenvalue weighted by atomic mass is 9.98. The number of carbonyl (C=O) groups is 2. The number of likely N-dealkylation sites (tertiary alicyclic amines) is 1. The highest BCUT2D eigenvalue weighted by atomic mass is 35.5. The van der Waals surface area contributed by atoms with Gasteiger partial charge >= 0.3 is 5.97 Å². The van der Waals surface area contributed by atoms with Gasteiger partial charge in [-0.05, 0) is 18.9 Å². The first-order valence-electron chi connectivity index (χ1n) is 5.71. The zero-order valence-corrected chi connectivity index (χ0v) is 10.4. The number of carboxylic acids is 1. The third-order valence-corrected chi connectivity index (χ3v) is 3.36. The van der Waals surface area contributed by atoms with Crippen molar-refractivity contribution in [3.8, 4) is 0 Å². The Morgan fingerprint density at radius 3 is 2.94 bits per heavy atom. The minimum atomic E-state index is -0.853. The van der Waals surface area contributed by atoms with Crippen molar-refractivity contribution in [3.05, 3.63) is 29.0 Å². The van der Waals surface area contributed by atoms with Gasteiger partial charge in [-0.1, -0.05) is 11.6 Å². The van der Waals surface area contributed by atoms with E-state index in [-0.39, 0.29) is 12.5 Å². The van der Waals surface area contributed by atoms with Crippen LogP contribution in [0.1, 0.15) is 23.2 Å². The van der Waals surface area contributed by atoms with E-state index in [0.29, 0.717) is 30.0 Å². The molecule has 6 heteroatoms. The van der Waals surface area contributed by atoms with E-state index in [1.54, 1.807) is 11.0 Å². The standard InChI is InChI=1S/C12H13ClN2O3/c13-10-6-14-4-3-9(10)11(16)15-5-1-2-8(7-15)12(17)18/h3-4,6,8H,1-2,5,7H2,(H,17,18)/t8-/m1/s1. The molecule has 0 radical (unpaired) electrons. The van der Waals surface area contributed by atoms with Crippen LogP contribution in [0.25, 0.3) is 0 Å². The number of pyridine rings is 1. The highest BCUT2D eigenvalue weighted by Crippen LogP contribution is 2.21. The summed E-state index contributed by atoms with van der Waals surface area (Å²) in [4.78, 5) is 28.5. The van der Waals surface area contributed by atoms with Crippen molar-refractivity contribution in [1.29, 1.82) is 0 Å². The Kier molecular flexibility index (Phi) is 3.81. The van der Waals surface area contributed by atoms with Crippen LogP contribution in [0, 0.1) is 5.92 Å². The van der Waals surface area contributed by atoms with Gasteiger partial charge in [0.2, 0.25) is 0 Å². The average Bonchev–Trinajstić information content (AvgIpc) is 2.38. The van der Waals surface area contributed by atoms with Crippen LogP contribution < -0.4 is 0 Å². The Morgan fingerprint density at radius 1 is 1.50 bits per heavy atom. The second kappa shape index (κ2) is 5.35. The van der Waals surface area contributed by atoms with Crippen LogP contribution in [0.15, 0.2) is 18.5 Å². The van der Waals surface area contributed by atoms with E-state index in [2.05, 4.69) is 4.98 Å². The maximum absolute atomic E-state index is 12.2. The van der Waals surface area contributed by atoms with Crippen LogP contribution in [-0.4, -0.2) is 40.0 Å². The van der Waals surface area contributed by atoms with Crippen LogP contribution in [0.2, 0.25) is 5.02 Å². The molecule has 2 heterocycles. The smallest absolute Gasteiger partial charge is 0.308 e. The number of aliphatic carboxylic acids is 1. The molecular formula is C12H13ClN2O3. The highest BCUT2D eigenvalue weighted by Gasteiger charge is 2.29. The minimum Gasteiger partial charge on any atom is -0.481 e. The molecule has 1 atom stereocenters. The molecule has 1 fully saturated rings. The summed E-state index contributed by atoms with van der Waals surface area (Å²) in [6.07, 6.45) is 4.22. The Bertz CT molecular complexity index is 478. The largest absolute Gasteiger partial charge is 0.481 e. The van der Waals surface area contributed by atoms with Crippen molar-refractivity contribution in [1.82, 2.24) is 9.88 Å². The van der Waals surface area contributed by atoms with Gasteiger partial charge in [0.05, 0.1) is 16.5 Å². The average molecular weight is 269 g/mol. The van der Waals surface area contributed by atoms with Crippen LogP contribution >= 0.6 is 11.6 Å². The lowest BCUT2D eigenvalue weighted by molar-refractivity contribution is -0.143. The second-order valence-electron chi connectivity index (χ2n) is 4.28. The van der Waals surface area contributed by atoms with Crippen molar-refractivity contribution in [2.75, 3.05) is 13.1 Å². The normalized spacial score (nSPS) is 19.6. The molecule has 0 saturated carbocycles. The first kappa shape index (κ1) is 12.8. The summed E-state index contributed by atoms with van der Waals surface area (Å²) >= 11 is 5.91. The second-order valence-corrected chi connectivity index (χ2v) is 4.69. The molecule has 1 aromatic heterocycles. The molecule has 0 spiro atoms. The van der Waals surface area contributed by atoms with Gasteiger partial charge < -0.3 is 10.0 Å². The summed E-state index contributed by atoms with van der Waals surface area (Å²) < 4.78 is 0. The summed E-state index contributed by atoms with van der Waals surface area (Å²) in [6.45, 7) is 0.814. The molecule has 1 saturated heterocycles. The summed E-state index contributed by atoms with van der Waals surface area (Å²) in [7, 11) is 0. The molecule has 18 heavy (non-hydrogen) atoms. The maximum atomic E-state index is 12.2. The molecule has 1 aromatic rings. The number of rotatable bonds is 2. The third-order valence-electron chi connectivity index (χ3n) is 3.06. The Morgan fingerprint density at radius 2 is 2.28 bits per heavy atom. The van der Waals surface area contributed by atoms with E-state index in [1.165, 1.54) is 12.4 Å². The van der Waals surface area contributed by atoms with E-state index < -0.39 is 11.9 Å². The fraction of sp³-hybridized carbons (Fsp3) is 0.417. The van der Waals surface area contributed by atoms with Crippen molar-refractivity contribution in [2.45, 2.75) is 12.8 Å². The molecule has 1 N–H and O–H groups in total. The van der Waals surface area contributed by atoms with Gasteiger partial charge in [0.15, 0.2) is 0 Å². The highest BCUT2D eigenvalue weighted by molar-refractivity contribution is 6.33. The number of aromatic nitrogens is 1. The van der Waals surface area contributed by atoms with Crippen molar-refractivity contribution >= 4 is 23.5 Å². The van der Waals surface area contributed by atoms with Crippen molar-refractivity contribution in [3.63, 3.8) is 0 Å². The van der Waals surface area contributed by atoms with Crippen LogP contribution in [0.4, 0.5) is 0 Å². The summed E-state index contributed by atoms with van der Waals surface area (Å²) in [6, 6.07) is 1.55. The van der Waals surface area contributed by atoms with Crippen molar-refractivity contribution in [2.24, 2.45) is 5.92 Å². The molecule has 1 aliphatic rings. The number of amides is 1. The molecule has 0 aromatic carbocycles. The van der Waals surface area contributed by atoms with Gasteiger partial charge in [0.25, 0.3) is 5.91 Å². The lowest BCUT2D eigenvalue weighted by Gasteiger charge is -2.30. The first-order chi connectivity index (χ1) is 8.59. The van der Waals surface area contributed by atoms with Crippen LogP contribution in [0.3, 0.4) is 0 Å². The van der Waals surface area contributed by atoms with Crippen molar-refractivity contribution < 1.29 is 14.7 Å². The number of carboxylic acid groups (broad SMARTS) is 1. The maximum Gasteiger partial charge on any atom is 0.308 e. The Balaban J connectivity index is 2.14. The number of hydrogen-bond acceptors (Lipinski definition) is 3. The van der Waals surface area contributed by atoms with Gasteiger partial charge in [-0.25, -0.2) is 0 Å². The minimum absolute atomic E-state index is 0.228. The number of hydrogen-bond donors (Lipinski definition) is 1. The Labute approximate surface area is 109 Å². The first-order valence-corrected chi connectivity index (χ1v) is 6.09. The van der Waals surface area contributed by atoms with E-state index in [0.717, 1.165) is 0 Å². The lowest BCUT2D eigenvalue weighted by Crippen LogP contribution is -2.42. The predicted molar refractivity (Wildman–Crippen MR) is 65.5 cm³/mol. The Hall–Kier alpha value is -1.62. The molecule has 0 unspecified atom stereocenters. The topological polar surface area (TPSA) is 70.5 Å². The summed E-state index contributed by atoms with van der Waals surface area (Å²) in [5.74, 6) is -1.56. The summed E-state index contributed by atoms with van der Waals surface area (Å²) in [5.41, 5.74) is 0.373. The number of piperidine rings is 1. The van der Waals surface area contributed by atoms with Crippen LogP contribution in [0.5, 0.6) is 0 Å². The molecule has 0 bridgehead atoms.